The standard InChI is InChI=1S/C14H11ClN2/c15-14-5-9(1-2-10(14)6-16)12-4-3-11-7-17-8-13(11)12/h1-2,5,8,12H,3-4,7H2. The monoisotopic (exact) mass is 242 g/mol. The highest BCUT2D eigenvalue weighted by atomic mass is 35.5. The van der Waals surface area contributed by atoms with E-state index in [0.29, 0.717) is 16.5 Å². The lowest BCUT2D eigenvalue weighted by Crippen LogP contribution is -1.99. The van der Waals surface area contributed by atoms with Crippen LogP contribution in [0.4, 0.5) is 0 Å². The van der Waals surface area contributed by atoms with Crippen LogP contribution in [-0.2, 0) is 0 Å². The average Bonchev–Trinajstić information content (AvgIpc) is 2.90. The first-order chi connectivity index (χ1) is 8.29. The van der Waals surface area contributed by atoms with Crippen LogP contribution in [0.15, 0.2) is 34.3 Å². The summed E-state index contributed by atoms with van der Waals surface area (Å²) in [5, 5.41) is 9.41. The second-order valence-corrected chi connectivity index (χ2v) is 4.88. The molecule has 1 unspecified atom stereocenters. The minimum Gasteiger partial charge on any atom is -0.288 e. The Morgan fingerprint density at radius 3 is 3.06 bits per heavy atom. The molecular formula is C14H11ClN2. The van der Waals surface area contributed by atoms with Gasteiger partial charge in [-0.25, -0.2) is 0 Å². The van der Waals surface area contributed by atoms with Gasteiger partial charge in [0.15, 0.2) is 0 Å². The molecule has 1 aliphatic carbocycles. The van der Waals surface area contributed by atoms with E-state index in [9.17, 15) is 0 Å². The van der Waals surface area contributed by atoms with E-state index in [1.165, 1.54) is 16.7 Å². The third kappa shape index (κ3) is 1.67. The van der Waals surface area contributed by atoms with Gasteiger partial charge >= 0.3 is 0 Å². The maximum atomic E-state index is 8.86. The zero-order valence-corrected chi connectivity index (χ0v) is 10.0. The highest BCUT2D eigenvalue weighted by Crippen LogP contribution is 2.41. The summed E-state index contributed by atoms with van der Waals surface area (Å²) >= 11 is 6.08. The molecule has 3 heteroatoms. The summed E-state index contributed by atoms with van der Waals surface area (Å²) in [4.78, 5) is 4.32. The molecular weight excluding hydrogens is 232 g/mol. The van der Waals surface area contributed by atoms with Crippen molar-refractivity contribution in [2.24, 2.45) is 4.99 Å². The van der Waals surface area contributed by atoms with Gasteiger partial charge in [-0.1, -0.05) is 17.7 Å². The predicted molar refractivity (Wildman–Crippen MR) is 68.5 cm³/mol. The third-order valence-electron chi connectivity index (χ3n) is 3.55. The van der Waals surface area contributed by atoms with Crippen LogP contribution in [0.1, 0.15) is 29.9 Å². The summed E-state index contributed by atoms with van der Waals surface area (Å²) in [5.41, 5.74) is 4.58. The molecule has 1 aliphatic heterocycles. The molecule has 17 heavy (non-hydrogen) atoms. The van der Waals surface area contributed by atoms with Gasteiger partial charge in [0.05, 0.1) is 17.1 Å². The minimum absolute atomic E-state index is 0.418. The van der Waals surface area contributed by atoms with E-state index < -0.39 is 0 Å². The Hall–Kier alpha value is -1.59. The van der Waals surface area contributed by atoms with Crippen molar-refractivity contribution in [1.29, 1.82) is 5.26 Å². The second-order valence-electron chi connectivity index (χ2n) is 4.47. The summed E-state index contributed by atoms with van der Waals surface area (Å²) in [7, 11) is 0. The van der Waals surface area contributed by atoms with Gasteiger partial charge in [0, 0.05) is 12.1 Å². The zero-order valence-electron chi connectivity index (χ0n) is 9.28. The Morgan fingerprint density at radius 1 is 1.41 bits per heavy atom. The maximum Gasteiger partial charge on any atom is 0.101 e. The molecule has 2 aliphatic rings. The molecule has 0 amide bonds. The van der Waals surface area contributed by atoms with Gasteiger partial charge in [0.25, 0.3) is 0 Å². The van der Waals surface area contributed by atoms with Crippen molar-refractivity contribution in [3.8, 4) is 6.07 Å². The maximum absolute atomic E-state index is 8.86. The van der Waals surface area contributed by atoms with E-state index in [1.807, 2.05) is 24.4 Å². The van der Waals surface area contributed by atoms with Crippen molar-refractivity contribution in [1.82, 2.24) is 0 Å². The van der Waals surface area contributed by atoms with E-state index in [4.69, 9.17) is 16.9 Å². The normalized spacial score (nSPS) is 21.8. The molecule has 0 spiro atoms. The first-order valence-corrected chi connectivity index (χ1v) is 6.08. The molecule has 0 aromatic heterocycles. The SMILES string of the molecule is N#Cc1ccc(C2CCC3=C2C=NC3)cc1Cl. The number of nitriles is 1. The highest BCUT2D eigenvalue weighted by Gasteiger charge is 2.28. The van der Waals surface area contributed by atoms with Crippen molar-refractivity contribution in [3.63, 3.8) is 0 Å². The van der Waals surface area contributed by atoms with Crippen LogP contribution in [0.5, 0.6) is 0 Å². The first-order valence-electron chi connectivity index (χ1n) is 5.71. The fraction of sp³-hybridized carbons (Fsp3) is 0.286. The molecule has 0 saturated carbocycles. The van der Waals surface area contributed by atoms with Crippen LogP contribution < -0.4 is 0 Å². The van der Waals surface area contributed by atoms with E-state index in [0.717, 1.165) is 19.4 Å². The van der Waals surface area contributed by atoms with E-state index in [-0.39, 0.29) is 0 Å². The van der Waals surface area contributed by atoms with Crippen LogP contribution in [0, 0.1) is 11.3 Å². The molecule has 1 aromatic rings. The number of allylic oxidation sites excluding steroid dienone is 1. The van der Waals surface area contributed by atoms with Gasteiger partial charge in [0.1, 0.15) is 6.07 Å². The Morgan fingerprint density at radius 2 is 2.29 bits per heavy atom. The summed E-state index contributed by atoms with van der Waals surface area (Å²) < 4.78 is 0. The van der Waals surface area contributed by atoms with Crippen molar-refractivity contribution in [2.75, 3.05) is 6.54 Å². The molecule has 2 nitrogen and oxygen atoms in total. The van der Waals surface area contributed by atoms with Crippen LogP contribution in [0.3, 0.4) is 0 Å². The quantitative estimate of drug-likeness (QED) is 0.743. The Kier molecular flexibility index (Phi) is 2.49. The molecule has 0 saturated heterocycles. The average molecular weight is 243 g/mol. The summed E-state index contributed by atoms with van der Waals surface area (Å²) in [5.74, 6) is 0.418. The van der Waals surface area contributed by atoms with E-state index in [1.54, 1.807) is 0 Å². The molecule has 1 heterocycles. The Labute approximate surface area is 105 Å². The number of aliphatic imine (C=N–C) groups is 1. The number of rotatable bonds is 1. The fourth-order valence-electron chi connectivity index (χ4n) is 2.66. The lowest BCUT2D eigenvalue weighted by Gasteiger charge is -2.12. The molecule has 0 N–H and O–H groups in total. The lowest BCUT2D eigenvalue weighted by molar-refractivity contribution is 0.776. The summed E-state index contributed by atoms with van der Waals surface area (Å²) in [6.07, 6.45) is 4.27. The predicted octanol–water partition coefficient (Wildman–Crippen LogP) is 3.47. The van der Waals surface area contributed by atoms with Gasteiger partial charge in [0.2, 0.25) is 0 Å². The number of nitrogens with zero attached hydrogens (tertiary/aromatic N) is 2. The Balaban J connectivity index is 1.99. The minimum atomic E-state index is 0.418. The zero-order chi connectivity index (χ0) is 11.8. The summed E-state index contributed by atoms with van der Waals surface area (Å²) in [6.45, 7) is 0.871. The smallest absolute Gasteiger partial charge is 0.101 e. The topological polar surface area (TPSA) is 36.1 Å². The van der Waals surface area contributed by atoms with Crippen LogP contribution >= 0.6 is 11.6 Å². The first kappa shape index (κ1) is 10.6. The summed E-state index contributed by atoms with van der Waals surface area (Å²) in [6, 6.07) is 7.83. The number of hydrogen-bond acceptors (Lipinski definition) is 2. The number of hydrogen-bond donors (Lipinski definition) is 0. The fourth-order valence-corrected chi connectivity index (χ4v) is 2.89. The lowest BCUT2D eigenvalue weighted by atomic mass is 9.92. The van der Waals surface area contributed by atoms with Crippen molar-refractivity contribution in [2.45, 2.75) is 18.8 Å². The molecule has 0 bridgehead atoms. The van der Waals surface area contributed by atoms with Gasteiger partial charge in [-0.2, -0.15) is 5.26 Å². The molecule has 1 aromatic carbocycles. The second kappa shape index (κ2) is 4.01. The molecule has 1 atom stereocenters. The van der Waals surface area contributed by atoms with Crippen molar-refractivity contribution >= 4 is 17.8 Å². The van der Waals surface area contributed by atoms with Gasteiger partial charge in [-0.05, 0) is 41.7 Å². The molecule has 0 radical (unpaired) electrons. The molecule has 84 valence electrons. The third-order valence-corrected chi connectivity index (χ3v) is 3.86. The largest absolute Gasteiger partial charge is 0.288 e. The van der Waals surface area contributed by atoms with Gasteiger partial charge < -0.3 is 0 Å². The number of benzene rings is 1. The van der Waals surface area contributed by atoms with Crippen LogP contribution in [-0.4, -0.2) is 12.8 Å². The van der Waals surface area contributed by atoms with Crippen molar-refractivity contribution < 1.29 is 0 Å². The van der Waals surface area contributed by atoms with E-state index >= 15 is 0 Å². The number of halogens is 1. The van der Waals surface area contributed by atoms with Crippen LogP contribution in [0.25, 0.3) is 0 Å². The van der Waals surface area contributed by atoms with Gasteiger partial charge in [-0.3, -0.25) is 4.99 Å². The molecule has 3 rings (SSSR count). The highest BCUT2D eigenvalue weighted by molar-refractivity contribution is 6.31. The van der Waals surface area contributed by atoms with Crippen molar-refractivity contribution in [3.05, 3.63) is 45.5 Å². The Bertz CT molecular complexity index is 578. The van der Waals surface area contributed by atoms with Crippen LogP contribution in [0.2, 0.25) is 5.02 Å². The van der Waals surface area contributed by atoms with Gasteiger partial charge in [-0.15, -0.1) is 0 Å². The molecule has 0 fully saturated rings. The van der Waals surface area contributed by atoms with E-state index in [2.05, 4.69) is 11.1 Å².